The Labute approximate surface area is 88.2 Å². The molecule has 0 saturated heterocycles. The number of rotatable bonds is 7. The molecule has 2 atom stereocenters. The van der Waals surface area contributed by atoms with Gasteiger partial charge in [-0.05, 0) is 12.5 Å². The average Bonchev–Trinajstić information content (AvgIpc) is 2.16. The van der Waals surface area contributed by atoms with Crippen LogP contribution in [0.4, 0.5) is 0 Å². The highest BCUT2D eigenvalue weighted by Crippen LogP contribution is 2.06. The molecule has 0 aromatic rings. The van der Waals surface area contributed by atoms with Crippen LogP contribution >= 0.6 is 0 Å². The third kappa shape index (κ3) is 5.22. The molecule has 0 aliphatic heterocycles. The highest BCUT2D eigenvalue weighted by molar-refractivity contribution is 5.79. The first-order valence-corrected chi connectivity index (χ1v) is 5.57. The lowest BCUT2D eigenvalue weighted by atomic mass is 10.1. The number of nitrogens with zero attached hydrogens (tertiary/aromatic N) is 1. The normalized spacial score (nSPS) is 15.5. The van der Waals surface area contributed by atoms with Crippen molar-refractivity contribution in [2.45, 2.75) is 34.1 Å². The smallest absolute Gasteiger partial charge is 0.0947 e. The maximum Gasteiger partial charge on any atom is 0.0947 e. The number of nitrogens with one attached hydrogen (secondary N) is 1. The second-order valence-electron chi connectivity index (χ2n) is 4.22. The maximum atomic E-state index is 7.35. The van der Waals surface area contributed by atoms with Crippen LogP contribution in [-0.4, -0.2) is 30.4 Å². The minimum Gasteiger partial charge on any atom is -0.387 e. The minimum atomic E-state index is 0.180. The van der Waals surface area contributed by atoms with Crippen LogP contribution in [0.5, 0.6) is 0 Å². The molecule has 0 aliphatic rings. The van der Waals surface area contributed by atoms with Crippen LogP contribution in [0, 0.1) is 17.2 Å². The summed E-state index contributed by atoms with van der Waals surface area (Å²) in [7, 11) is 0. The zero-order chi connectivity index (χ0) is 11.1. The largest absolute Gasteiger partial charge is 0.387 e. The van der Waals surface area contributed by atoms with E-state index in [1.54, 1.807) is 0 Å². The summed E-state index contributed by atoms with van der Waals surface area (Å²) in [6.45, 7) is 11.7. The van der Waals surface area contributed by atoms with Gasteiger partial charge in [-0.25, -0.2) is 0 Å². The third-order valence-corrected chi connectivity index (χ3v) is 2.78. The van der Waals surface area contributed by atoms with Crippen LogP contribution in [0.1, 0.15) is 34.1 Å². The molecule has 3 N–H and O–H groups in total. The van der Waals surface area contributed by atoms with Gasteiger partial charge in [-0.3, -0.25) is 5.41 Å². The number of hydrogen-bond donors (Lipinski definition) is 2. The SMILES string of the molecule is CCC(C)CN(CC)CC(C)C(=N)N. The van der Waals surface area contributed by atoms with E-state index in [0.717, 1.165) is 25.6 Å². The zero-order valence-corrected chi connectivity index (χ0v) is 10.0. The fourth-order valence-corrected chi connectivity index (χ4v) is 1.39. The molecular weight excluding hydrogens is 174 g/mol. The monoisotopic (exact) mass is 199 g/mol. The Morgan fingerprint density at radius 1 is 1.29 bits per heavy atom. The van der Waals surface area contributed by atoms with Gasteiger partial charge in [0.15, 0.2) is 0 Å². The quantitative estimate of drug-likeness (QED) is 0.486. The Kier molecular flexibility index (Phi) is 6.54. The van der Waals surface area contributed by atoms with Crippen LogP contribution in [0.25, 0.3) is 0 Å². The van der Waals surface area contributed by atoms with Gasteiger partial charge in [-0.2, -0.15) is 0 Å². The van der Waals surface area contributed by atoms with Crippen molar-refractivity contribution in [3.63, 3.8) is 0 Å². The van der Waals surface area contributed by atoms with E-state index in [2.05, 4.69) is 25.7 Å². The number of amidine groups is 1. The number of hydrogen-bond acceptors (Lipinski definition) is 2. The highest BCUT2D eigenvalue weighted by Gasteiger charge is 2.12. The fraction of sp³-hybridized carbons (Fsp3) is 0.909. The first kappa shape index (κ1) is 13.4. The van der Waals surface area contributed by atoms with Crippen molar-refractivity contribution in [1.82, 2.24) is 4.90 Å². The zero-order valence-electron chi connectivity index (χ0n) is 10.0. The van der Waals surface area contributed by atoms with Crippen molar-refractivity contribution in [1.29, 1.82) is 5.41 Å². The Bertz CT molecular complexity index is 168. The van der Waals surface area contributed by atoms with E-state index in [1.807, 2.05) is 6.92 Å². The molecule has 0 aliphatic carbocycles. The van der Waals surface area contributed by atoms with Gasteiger partial charge in [0.2, 0.25) is 0 Å². The van der Waals surface area contributed by atoms with Gasteiger partial charge < -0.3 is 10.6 Å². The fourth-order valence-electron chi connectivity index (χ4n) is 1.39. The van der Waals surface area contributed by atoms with Crippen LogP contribution in [0.3, 0.4) is 0 Å². The van der Waals surface area contributed by atoms with Crippen LogP contribution < -0.4 is 5.73 Å². The molecule has 0 spiro atoms. The van der Waals surface area contributed by atoms with Crippen LogP contribution in [-0.2, 0) is 0 Å². The summed E-state index contributed by atoms with van der Waals surface area (Å²) in [5.74, 6) is 1.21. The first-order chi connectivity index (χ1) is 6.51. The van der Waals surface area contributed by atoms with Crippen molar-refractivity contribution in [3.05, 3.63) is 0 Å². The molecule has 0 bridgehead atoms. The predicted molar refractivity (Wildman–Crippen MR) is 62.6 cm³/mol. The Hall–Kier alpha value is -0.570. The lowest BCUT2D eigenvalue weighted by Gasteiger charge is -2.26. The van der Waals surface area contributed by atoms with E-state index in [-0.39, 0.29) is 5.92 Å². The lowest BCUT2D eigenvalue weighted by molar-refractivity contribution is 0.233. The van der Waals surface area contributed by atoms with E-state index in [9.17, 15) is 0 Å². The van der Waals surface area contributed by atoms with Gasteiger partial charge in [-0.15, -0.1) is 0 Å². The lowest BCUT2D eigenvalue weighted by Crippen LogP contribution is -2.36. The summed E-state index contributed by atoms with van der Waals surface area (Å²) in [4.78, 5) is 2.38. The second kappa shape index (κ2) is 6.82. The third-order valence-electron chi connectivity index (χ3n) is 2.78. The molecule has 14 heavy (non-hydrogen) atoms. The summed E-state index contributed by atoms with van der Waals surface area (Å²) in [6, 6.07) is 0. The van der Waals surface area contributed by atoms with Crippen molar-refractivity contribution in [2.75, 3.05) is 19.6 Å². The molecular formula is C11H25N3. The van der Waals surface area contributed by atoms with E-state index >= 15 is 0 Å². The van der Waals surface area contributed by atoms with E-state index < -0.39 is 0 Å². The molecule has 0 radical (unpaired) electrons. The molecule has 0 fully saturated rings. The Morgan fingerprint density at radius 2 is 1.86 bits per heavy atom. The number of nitrogens with two attached hydrogens (primary N) is 1. The van der Waals surface area contributed by atoms with Gasteiger partial charge in [-0.1, -0.05) is 34.1 Å². The van der Waals surface area contributed by atoms with Gasteiger partial charge >= 0.3 is 0 Å². The molecule has 3 nitrogen and oxygen atoms in total. The van der Waals surface area contributed by atoms with Crippen molar-refractivity contribution in [2.24, 2.45) is 17.6 Å². The predicted octanol–water partition coefficient (Wildman–Crippen LogP) is 1.93. The molecule has 84 valence electrons. The van der Waals surface area contributed by atoms with Crippen molar-refractivity contribution >= 4 is 5.84 Å². The summed E-state index contributed by atoms with van der Waals surface area (Å²) in [6.07, 6.45) is 1.21. The summed E-state index contributed by atoms with van der Waals surface area (Å²) < 4.78 is 0. The first-order valence-electron chi connectivity index (χ1n) is 5.57. The summed E-state index contributed by atoms with van der Waals surface area (Å²) >= 11 is 0. The molecule has 0 saturated carbocycles. The highest BCUT2D eigenvalue weighted by atomic mass is 15.1. The van der Waals surface area contributed by atoms with Crippen molar-refractivity contribution < 1.29 is 0 Å². The van der Waals surface area contributed by atoms with Crippen molar-refractivity contribution in [3.8, 4) is 0 Å². The van der Waals surface area contributed by atoms with Gasteiger partial charge in [0.25, 0.3) is 0 Å². The maximum absolute atomic E-state index is 7.35. The van der Waals surface area contributed by atoms with Gasteiger partial charge in [0, 0.05) is 19.0 Å². The van der Waals surface area contributed by atoms with E-state index in [1.165, 1.54) is 6.42 Å². The van der Waals surface area contributed by atoms with Crippen LogP contribution in [0.15, 0.2) is 0 Å². The molecule has 0 aromatic carbocycles. The average molecular weight is 199 g/mol. The van der Waals surface area contributed by atoms with E-state index in [0.29, 0.717) is 5.84 Å². The van der Waals surface area contributed by atoms with Crippen LogP contribution in [0.2, 0.25) is 0 Å². The summed E-state index contributed by atoms with van der Waals surface area (Å²) in [5, 5.41) is 7.35. The van der Waals surface area contributed by atoms with Gasteiger partial charge in [0.1, 0.15) is 0 Å². The molecule has 0 aromatic heterocycles. The molecule has 0 heterocycles. The molecule has 2 unspecified atom stereocenters. The molecule has 0 amide bonds. The van der Waals surface area contributed by atoms with E-state index in [4.69, 9.17) is 11.1 Å². The Morgan fingerprint density at radius 3 is 2.21 bits per heavy atom. The summed E-state index contributed by atoms with van der Waals surface area (Å²) in [5.41, 5.74) is 5.46. The second-order valence-corrected chi connectivity index (χ2v) is 4.22. The molecule has 0 rings (SSSR count). The Balaban J connectivity index is 3.96. The topological polar surface area (TPSA) is 53.1 Å². The standard InChI is InChI=1S/C11H25N3/c1-5-9(3)7-14(6-2)8-10(4)11(12)13/h9-10H,5-8H2,1-4H3,(H3,12,13). The molecule has 3 heteroatoms. The minimum absolute atomic E-state index is 0.180. The van der Waals surface area contributed by atoms with Gasteiger partial charge in [0.05, 0.1) is 5.84 Å².